The lowest BCUT2D eigenvalue weighted by Crippen LogP contribution is -2.13. The van der Waals surface area contributed by atoms with Gasteiger partial charge in [0, 0.05) is 17.8 Å². The van der Waals surface area contributed by atoms with Crippen molar-refractivity contribution in [2.24, 2.45) is 0 Å². The summed E-state index contributed by atoms with van der Waals surface area (Å²) in [7, 11) is 0. The highest BCUT2D eigenvalue weighted by atomic mass is 16.5. The third-order valence-electron chi connectivity index (χ3n) is 3.68. The minimum atomic E-state index is 0.755. The van der Waals surface area contributed by atoms with Crippen molar-refractivity contribution in [1.82, 2.24) is 10.3 Å². The Bertz CT molecular complexity index is 596. The van der Waals surface area contributed by atoms with Crippen LogP contribution in [0.4, 0.5) is 0 Å². The van der Waals surface area contributed by atoms with E-state index in [9.17, 15) is 0 Å². The number of aryl methyl sites for hydroxylation is 1. The molecule has 0 spiro atoms. The fraction of sp³-hybridized carbons (Fsp3) is 0.421. The van der Waals surface area contributed by atoms with E-state index in [1.165, 1.54) is 5.56 Å². The van der Waals surface area contributed by atoms with Gasteiger partial charge in [-0.05, 0) is 43.7 Å². The first-order chi connectivity index (χ1) is 10.8. The maximum Gasteiger partial charge on any atom is 0.128 e. The first-order valence-electron chi connectivity index (χ1n) is 8.15. The standard InChI is InChI=1S/C19H26N2O/c1-4-6-13-22-19-10-8-7-9-17(19)18-12-11-16(14-20-5-2)15(3)21-18/h7-12,20H,4-6,13-14H2,1-3H3. The predicted molar refractivity (Wildman–Crippen MR) is 92.2 cm³/mol. The molecule has 1 aromatic heterocycles. The molecule has 3 nitrogen and oxygen atoms in total. The lowest BCUT2D eigenvalue weighted by atomic mass is 10.1. The Labute approximate surface area is 133 Å². The molecule has 1 aromatic carbocycles. The summed E-state index contributed by atoms with van der Waals surface area (Å²) in [5.74, 6) is 0.919. The van der Waals surface area contributed by atoms with Crippen LogP contribution in [0.2, 0.25) is 0 Å². The van der Waals surface area contributed by atoms with Crippen LogP contribution in [0, 0.1) is 6.92 Å². The van der Waals surface area contributed by atoms with E-state index < -0.39 is 0 Å². The van der Waals surface area contributed by atoms with Crippen molar-refractivity contribution in [3.63, 3.8) is 0 Å². The van der Waals surface area contributed by atoms with Crippen molar-refractivity contribution < 1.29 is 4.74 Å². The van der Waals surface area contributed by atoms with E-state index in [0.717, 1.165) is 55.2 Å². The van der Waals surface area contributed by atoms with E-state index in [-0.39, 0.29) is 0 Å². The molecule has 0 unspecified atom stereocenters. The van der Waals surface area contributed by atoms with E-state index >= 15 is 0 Å². The number of hydrogen-bond donors (Lipinski definition) is 1. The highest BCUT2D eigenvalue weighted by Crippen LogP contribution is 2.29. The minimum Gasteiger partial charge on any atom is -0.493 e. The number of para-hydroxylation sites is 1. The number of rotatable bonds is 8. The van der Waals surface area contributed by atoms with Crippen LogP contribution in [0.25, 0.3) is 11.3 Å². The van der Waals surface area contributed by atoms with Gasteiger partial charge in [0.25, 0.3) is 0 Å². The van der Waals surface area contributed by atoms with Gasteiger partial charge < -0.3 is 10.1 Å². The third-order valence-corrected chi connectivity index (χ3v) is 3.68. The van der Waals surface area contributed by atoms with E-state index in [0.29, 0.717) is 0 Å². The molecule has 22 heavy (non-hydrogen) atoms. The van der Waals surface area contributed by atoms with Crippen LogP contribution < -0.4 is 10.1 Å². The zero-order valence-electron chi connectivity index (χ0n) is 13.9. The molecule has 0 radical (unpaired) electrons. The molecule has 118 valence electrons. The Balaban J connectivity index is 2.22. The second kappa shape index (κ2) is 8.54. The summed E-state index contributed by atoms with van der Waals surface area (Å²) in [4.78, 5) is 4.77. The monoisotopic (exact) mass is 298 g/mol. The molecule has 0 fully saturated rings. The first-order valence-corrected chi connectivity index (χ1v) is 8.15. The maximum atomic E-state index is 5.91. The van der Waals surface area contributed by atoms with Gasteiger partial charge in [0.05, 0.1) is 12.3 Å². The number of nitrogens with zero attached hydrogens (tertiary/aromatic N) is 1. The second-order valence-corrected chi connectivity index (χ2v) is 5.42. The average Bonchev–Trinajstić information content (AvgIpc) is 2.54. The van der Waals surface area contributed by atoms with Crippen molar-refractivity contribution in [1.29, 1.82) is 0 Å². The predicted octanol–water partition coefficient (Wildman–Crippen LogP) is 4.35. The molecular formula is C19H26N2O. The summed E-state index contributed by atoms with van der Waals surface area (Å²) in [5.41, 5.74) is 4.36. The van der Waals surface area contributed by atoms with Crippen molar-refractivity contribution in [3.8, 4) is 17.0 Å². The summed E-state index contributed by atoms with van der Waals surface area (Å²) in [5, 5.41) is 3.35. The highest BCUT2D eigenvalue weighted by molar-refractivity contribution is 5.67. The molecule has 0 atom stereocenters. The lowest BCUT2D eigenvalue weighted by molar-refractivity contribution is 0.310. The number of aromatic nitrogens is 1. The molecule has 1 N–H and O–H groups in total. The molecule has 0 saturated carbocycles. The van der Waals surface area contributed by atoms with Crippen molar-refractivity contribution in [2.45, 2.75) is 40.2 Å². The van der Waals surface area contributed by atoms with Gasteiger partial charge in [-0.25, -0.2) is 0 Å². The van der Waals surface area contributed by atoms with Crippen LogP contribution in [0.1, 0.15) is 37.9 Å². The van der Waals surface area contributed by atoms with Gasteiger partial charge >= 0.3 is 0 Å². The molecule has 0 aliphatic heterocycles. The number of pyridine rings is 1. The van der Waals surface area contributed by atoms with Crippen LogP contribution in [-0.2, 0) is 6.54 Å². The Morgan fingerprint density at radius 2 is 1.91 bits per heavy atom. The van der Waals surface area contributed by atoms with E-state index in [4.69, 9.17) is 9.72 Å². The summed E-state index contributed by atoms with van der Waals surface area (Å²) in [6, 6.07) is 12.4. The fourth-order valence-electron chi connectivity index (χ4n) is 2.32. The molecule has 0 aliphatic carbocycles. The SMILES string of the molecule is CCCCOc1ccccc1-c1ccc(CNCC)c(C)n1. The third kappa shape index (κ3) is 4.31. The topological polar surface area (TPSA) is 34.1 Å². The van der Waals surface area contributed by atoms with Gasteiger partial charge in [-0.3, -0.25) is 4.98 Å². The zero-order chi connectivity index (χ0) is 15.8. The smallest absolute Gasteiger partial charge is 0.128 e. The van der Waals surface area contributed by atoms with Crippen LogP contribution in [0.5, 0.6) is 5.75 Å². The molecule has 0 saturated heterocycles. The average molecular weight is 298 g/mol. The number of hydrogen-bond acceptors (Lipinski definition) is 3. The second-order valence-electron chi connectivity index (χ2n) is 5.42. The largest absolute Gasteiger partial charge is 0.493 e. The van der Waals surface area contributed by atoms with Gasteiger partial charge in [0.1, 0.15) is 5.75 Å². The van der Waals surface area contributed by atoms with Crippen LogP contribution in [0.15, 0.2) is 36.4 Å². The summed E-state index contributed by atoms with van der Waals surface area (Å²) in [6.07, 6.45) is 2.21. The molecule has 2 aromatic rings. The molecule has 0 amide bonds. The Kier molecular flexibility index (Phi) is 6.41. The molecule has 3 heteroatoms. The highest BCUT2D eigenvalue weighted by Gasteiger charge is 2.09. The first kappa shape index (κ1) is 16.5. The zero-order valence-corrected chi connectivity index (χ0v) is 13.9. The number of benzene rings is 1. The molecule has 2 rings (SSSR count). The Morgan fingerprint density at radius 1 is 1.09 bits per heavy atom. The van der Waals surface area contributed by atoms with Gasteiger partial charge in [-0.15, -0.1) is 0 Å². The van der Waals surface area contributed by atoms with E-state index in [1.54, 1.807) is 0 Å². The molecular weight excluding hydrogens is 272 g/mol. The molecule has 0 aliphatic rings. The summed E-state index contributed by atoms with van der Waals surface area (Å²) < 4.78 is 5.91. The quantitative estimate of drug-likeness (QED) is 0.736. The number of ether oxygens (including phenoxy) is 1. The van der Waals surface area contributed by atoms with Crippen LogP contribution >= 0.6 is 0 Å². The number of unbranched alkanes of at least 4 members (excludes halogenated alkanes) is 1. The Morgan fingerprint density at radius 3 is 2.64 bits per heavy atom. The van der Waals surface area contributed by atoms with E-state index in [2.05, 4.69) is 44.3 Å². The summed E-state index contributed by atoms with van der Waals surface area (Å²) >= 11 is 0. The fourth-order valence-corrected chi connectivity index (χ4v) is 2.32. The minimum absolute atomic E-state index is 0.755. The maximum absolute atomic E-state index is 5.91. The number of nitrogens with one attached hydrogen (secondary N) is 1. The van der Waals surface area contributed by atoms with E-state index in [1.807, 2.05) is 18.2 Å². The van der Waals surface area contributed by atoms with Crippen molar-refractivity contribution in [3.05, 3.63) is 47.7 Å². The Hall–Kier alpha value is -1.87. The van der Waals surface area contributed by atoms with Crippen molar-refractivity contribution in [2.75, 3.05) is 13.2 Å². The normalized spacial score (nSPS) is 10.7. The summed E-state index contributed by atoms with van der Waals surface area (Å²) in [6.45, 7) is 8.94. The lowest BCUT2D eigenvalue weighted by Gasteiger charge is -2.12. The van der Waals surface area contributed by atoms with Crippen molar-refractivity contribution >= 4 is 0 Å². The van der Waals surface area contributed by atoms with Gasteiger partial charge in [0.15, 0.2) is 0 Å². The van der Waals surface area contributed by atoms with Gasteiger partial charge in [0.2, 0.25) is 0 Å². The van der Waals surface area contributed by atoms with Crippen LogP contribution in [0.3, 0.4) is 0 Å². The van der Waals surface area contributed by atoms with Crippen LogP contribution in [-0.4, -0.2) is 18.1 Å². The molecule has 1 heterocycles. The van der Waals surface area contributed by atoms with Gasteiger partial charge in [-0.1, -0.05) is 38.5 Å². The van der Waals surface area contributed by atoms with Gasteiger partial charge in [-0.2, -0.15) is 0 Å². The molecule has 0 bridgehead atoms.